The molecule has 1 aliphatic rings. The lowest BCUT2D eigenvalue weighted by Gasteiger charge is -2.29. The van der Waals surface area contributed by atoms with Crippen LogP contribution in [0.3, 0.4) is 0 Å². The molecular weight excluding hydrogens is 264 g/mol. The third-order valence-corrected chi connectivity index (χ3v) is 4.52. The monoisotopic (exact) mass is 282 g/mol. The molecule has 1 aliphatic carbocycles. The number of nitro groups is 1. The average molecular weight is 282 g/mol. The molecule has 3 rings (SSSR count). The standard InChI is InChI=1S/C17H18N2O2/c18-12-17(9-8-14-5-1-2-7-16(14)17)11-13-4-3-6-15(10-13)19(20)21/h1-7,10H,8-9,11-12,18H2. The van der Waals surface area contributed by atoms with E-state index in [1.54, 1.807) is 12.1 Å². The highest BCUT2D eigenvalue weighted by Gasteiger charge is 2.37. The number of fused-ring (bicyclic) bond motifs is 1. The van der Waals surface area contributed by atoms with Crippen LogP contribution in [0.25, 0.3) is 0 Å². The number of nitrogens with two attached hydrogens (primary N) is 1. The number of rotatable bonds is 4. The van der Waals surface area contributed by atoms with Crippen LogP contribution in [0.2, 0.25) is 0 Å². The number of aryl methyl sites for hydroxylation is 1. The van der Waals surface area contributed by atoms with Gasteiger partial charge in [-0.1, -0.05) is 36.4 Å². The van der Waals surface area contributed by atoms with Gasteiger partial charge in [-0.25, -0.2) is 0 Å². The lowest BCUT2D eigenvalue weighted by atomic mass is 9.76. The molecule has 4 heteroatoms. The van der Waals surface area contributed by atoms with E-state index in [4.69, 9.17) is 5.73 Å². The van der Waals surface area contributed by atoms with Gasteiger partial charge in [0.15, 0.2) is 0 Å². The fraction of sp³-hybridized carbons (Fsp3) is 0.294. The van der Waals surface area contributed by atoms with Crippen molar-refractivity contribution in [2.24, 2.45) is 5.73 Å². The lowest BCUT2D eigenvalue weighted by molar-refractivity contribution is -0.384. The molecule has 2 aromatic carbocycles. The Labute approximate surface area is 123 Å². The van der Waals surface area contributed by atoms with Gasteiger partial charge in [0, 0.05) is 24.1 Å². The molecule has 1 unspecified atom stereocenters. The van der Waals surface area contributed by atoms with E-state index in [9.17, 15) is 10.1 Å². The van der Waals surface area contributed by atoms with Gasteiger partial charge in [-0.2, -0.15) is 0 Å². The molecule has 0 radical (unpaired) electrons. The van der Waals surface area contributed by atoms with E-state index in [0.717, 1.165) is 24.8 Å². The number of hydrogen-bond acceptors (Lipinski definition) is 3. The minimum atomic E-state index is -0.346. The topological polar surface area (TPSA) is 69.2 Å². The third kappa shape index (κ3) is 2.43. The van der Waals surface area contributed by atoms with Crippen molar-refractivity contribution >= 4 is 5.69 Å². The van der Waals surface area contributed by atoms with Crippen LogP contribution in [0.1, 0.15) is 23.1 Å². The van der Waals surface area contributed by atoms with Gasteiger partial charge in [-0.3, -0.25) is 10.1 Å². The molecule has 0 aliphatic heterocycles. The predicted molar refractivity (Wildman–Crippen MR) is 82.3 cm³/mol. The summed E-state index contributed by atoms with van der Waals surface area (Å²) in [6, 6.07) is 15.3. The van der Waals surface area contributed by atoms with Crippen LogP contribution in [0.4, 0.5) is 5.69 Å². The van der Waals surface area contributed by atoms with Gasteiger partial charge >= 0.3 is 0 Å². The van der Waals surface area contributed by atoms with Crippen LogP contribution in [0, 0.1) is 10.1 Å². The first kappa shape index (κ1) is 13.8. The van der Waals surface area contributed by atoms with Crippen molar-refractivity contribution in [1.29, 1.82) is 0 Å². The third-order valence-electron chi connectivity index (χ3n) is 4.52. The molecule has 108 valence electrons. The maximum Gasteiger partial charge on any atom is 0.269 e. The molecule has 2 N–H and O–H groups in total. The van der Waals surface area contributed by atoms with E-state index in [2.05, 4.69) is 18.2 Å². The first-order valence-electron chi connectivity index (χ1n) is 7.16. The molecule has 2 aromatic rings. The minimum absolute atomic E-state index is 0.0915. The summed E-state index contributed by atoms with van der Waals surface area (Å²) >= 11 is 0. The van der Waals surface area contributed by atoms with Crippen LogP contribution in [0.15, 0.2) is 48.5 Å². The van der Waals surface area contributed by atoms with Crippen molar-refractivity contribution in [3.8, 4) is 0 Å². The van der Waals surface area contributed by atoms with Crippen LogP contribution in [0.5, 0.6) is 0 Å². The molecule has 4 nitrogen and oxygen atoms in total. The maximum absolute atomic E-state index is 10.9. The number of non-ortho nitro benzene ring substituents is 1. The molecule has 21 heavy (non-hydrogen) atoms. The summed E-state index contributed by atoms with van der Waals surface area (Å²) in [6.45, 7) is 0.562. The molecule has 0 fully saturated rings. The van der Waals surface area contributed by atoms with Crippen LogP contribution in [-0.2, 0) is 18.3 Å². The Morgan fingerprint density at radius 3 is 2.76 bits per heavy atom. The molecule has 0 bridgehead atoms. The highest BCUT2D eigenvalue weighted by Crippen LogP contribution is 2.41. The van der Waals surface area contributed by atoms with E-state index in [1.807, 2.05) is 12.1 Å². The van der Waals surface area contributed by atoms with Crippen molar-refractivity contribution < 1.29 is 4.92 Å². The molecule has 0 saturated heterocycles. The summed E-state index contributed by atoms with van der Waals surface area (Å²) in [4.78, 5) is 10.6. The van der Waals surface area contributed by atoms with Crippen LogP contribution >= 0.6 is 0 Å². The first-order valence-corrected chi connectivity index (χ1v) is 7.16. The molecule has 0 aromatic heterocycles. The zero-order valence-corrected chi connectivity index (χ0v) is 11.8. The Morgan fingerprint density at radius 2 is 2.00 bits per heavy atom. The summed E-state index contributed by atoms with van der Waals surface area (Å²) in [5.41, 5.74) is 9.79. The SMILES string of the molecule is NCC1(Cc2cccc([N+](=O)[O-])c2)CCc2ccccc21. The molecule has 0 saturated carbocycles. The lowest BCUT2D eigenvalue weighted by Crippen LogP contribution is -2.35. The molecule has 0 amide bonds. The highest BCUT2D eigenvalue weighted by atomic mass is 16.6. The smallest absolute Gasteiger partial charge is 0.269 e. The molecule has 1 atom stereocenters. The van der Waals surface area contributed by atoms with E-state index in [1.165, 1.54) is 17.2 Å². The number of hydrogen-bond donors (Lipinski definition) is 1. The van der Waals surface area contributed by atoms with E-state index < -0.39 is 0 Å². The van der Waals surface area contributed by atoms with Gasteiger partial charge in [0.2, 0.25) is 0 Å². The highest BCUT2D eigenvalue weighted by molar-refractivity contribution is 5.43. The van der Waals surface area contributed by atoms with Gasteiger partial charge in [0.25, 0.3) is 5.69 Å². The zero-order chi connectivity index (χ0) is 14.9. The number of nitro benzene ring substituents is 1. The number of nitrogens with zero attached hydrogens (tertiary/aromatic N) is 1. The second-order valence-electron chi connectivity index (χ2n) is 5.75. The van der Waals surface area contributed by atoms with Crippen molar-refractivity contribution in [1.82, 2.24) is 0 Å². The zero-order valence-electron chi connectivity index (χ0n) is 11.8. The van der Waals surface area contributed by atoms with Gasteiger partial charge in [-0.15, -0.1) is 0 Å². The van der Waals surface area contributed by atoms with Crippen LogP contribution in [-0.4, -0.2) is 11.5 Å². The normalized spacial score (nSPS) is 20.2. The summed E-state index contributed by atoms with van der Waals surface area (Å²) in [5, 5.41) is 10.9. The van der Waals surface area contributed by atoms with Gasteiger partial charge in [0.1, 0.15) is 0 Å². The van der Waals surface area contributed by atoms with Gasteiger partial charge in [-0.05, 0) is 36.0 Å². The Bertz CT molecular complexity index is 684. The minimum Gasteiger partial charge on any atom is -0.330 e. The van der Waals surface area contributed by atoms with E-state index >= 15 is 0 Å². The molecule has 0 heterocycles. The van der Waals surface area contributed by atoms with Crippen LogP contribution < -0.4 is 5.73 Å². The summed E-state index contributed by atoms with van der Waals surface area (Å²) in [6.07, 6.45) is 2.79. The number of benzene rings is 2. The fourth-order valence-electron chi connectivity index (χ4n) is 3.40. The summed E-state index contributed by atoms with van der Waals surface area (Å²) in [5.74, 6) is 0. The second-order valence-corrected chi connectivity index (χ2v) is 5.75. The Morgan fingerprint density at radius 1 is 1.19 bits per heavy atom. The molecule has 0 spiro atoms. The Hall–Kier alpha value is -2.20. The largest absolute Gasteiger partial charge is 0.330 e. The van der Waals surface area contributed by atoms with Crippen molar-refractivity contribution in [2.75, 3.05) is 6.54 Å². The Balaban J connectivity index is 1.96. The summed E-state index contributed by atoms with van der Waals surface area (Å²) < 4.78 is 0. The summed E-state index contributed by atoms with van der Waals surface area (Å²) in [7, 11) is 0. The van der Waals surface area contributed by atoms with Crippen molar-refractivity contribution in [3.05, 3.63) is 75.3 Å². The Kier molecular flexibility index (Phi) is 3.47. The van der Waals surface area contributed by atoms with Crippen molar-refractivity contribution in [2.45, 2.75) is 24.7 Å². The fourth-order valence-corrected chi connectivity index (χ4v) is 3.40. The van der Waals surface area contributed by atoms with E-state index in [-0.39, 0.29) is 16.0 Å². The van der Waals surface area contributed by atoms with Gasteiger partial charge < -0.3 is 5.73 Å². The van der Waals surface area contributed by atoms with E-state index in [0.29, 0.717) is 6.54 Å². The first-order chi connectivity index (χ1) is 10.1. The molecular formula is C17H18N2O2. The maximum atomic E-state index is 10.9. The van der Waals surface area contributed by atoms with Crippen molar-refractivity contribution in [3.63, 3.8) is 0 Å². The average Bonchev–Trinajstić information content (AvgIpc) is 2.87. The predicted octanol–water partition coefficient (Wildman–Crippen LogP) is 2.98. The quantitative estimate of drug-likeness (QED) is 0.692. The second kappa shape index (κ2) is 5.30. The van der Waals surface area contributed by atoms with Gasteiger partial charge in [0.05, 0.1) is 4.92 Å².